The van der Waals surface area contributed by atoms with Crippen molar-refractivity contribution in [2.24, 2.45) is 0 Å². The molecule has 2 aromatic rings. The van der Waals surface area contributed by atoms with Gasteiger partial charge in [-0.1, -0.05) is 0 Å². The van der Waals surface area contributed by atoms with Gasteiger partial charge >= 0.3 is 5.97 Å². The van der Waals surface area contributed by atoms with Crippen LogP contribution in [0.5, 0.6) is 0 Å². The number of aromatic amines is 1. The molecule has 2 N–H and O–H groups in total. The zero-order valence-electron chi connectivity index (χ0n) is 7.75. The highest BCUT2D eigenvalue weighted by molar-refractivity contribution is 6.07. The van der Waals surface area contributed by atoms with Crippen LogP contribution in [0.3, 0.4) is 0 Å². The van der Waals surface area contributed by atoms with Crippen molar-refractivity contribution < 1.29 is 23.5 Å². The lowest BCUT2D eigenvalue weighted by molar-refractivity contribution is 0.0688. The maximum atomic E-state index is 13.4. The summed E-state index contributed by atoms with van der Waals surface area (Å²) in [5, 5.41) is 8.54. The number of carbonyl (C=O) groups is 2. The fourth-order valence-corrected chi connectivity index (χ4v) is 1.56. The molecule has 0 aliphatic rings. The van der Waals surface area contributed by atoms with Crippen molar-refractivity contribution in [3.05, 3.63) is 35.0 Å². The van der Waals surface area contributed by atoms with Crippen molar-refractivity contribution in [2.75, 3.05) is 0 Å². The monoisotopic (exact) mass is 225 g/mol. The second kappa shape index (κ2) is 3.41. The van der Waals surface area contributed by atoms with Crippen LogP contribution in [0, 0.1) is 11.6 Å². The van der Waals surface area contributed by atoms with Gasteiger partial charge in [0.05, 0.1) is 11.1 Å². The summed E-state index contributed by atoms with van der Waals surface area (Å²) < 4.78 is 26.2. The number of fused-ring (bicyclic) bond motifs is 1. The molecule has 0 spiro atoms. The molecule has 0 saturated heterocycles. The third-order valence-corrected chi connectivity index (χ3v) is 2.19. The normalized spacial score (nSPS) is 10.6. The average Bonchev–Trinajstić information content (AvgIpc) is 2.56. The van der Waals surface area contributed by atoms with Gasteiger partial charge in [-0.3, -0.25) is 4.79 Å². The lowest BCUT2D eigenvalue weighted by Gasteiger charge is -1.94. The summed E-state index contributed by atoms with van der Waals surface area (Å²) >= 11 is 0. The first-order chi connectivity index (χ1) is 7.54. The zero-order chi connectivity index (χ0) is 11.9. The molecule has 6 heteroatoms. The molecule has 0 aliphatic carbocycles. The molecular formula is C10H5F2NO3. The molecule has 0 atom stereocenters. The standard InChI is InChI=1S/C10H5F2NO3/c11-4-1-6(12)8-5(3-14)9(10(15)16)13-7(8)2-4/h1-3,13H,(H,15,16). The highest BCUT2D eigenvalue weighted by Gasteiger charge is 2.19. The molecule has 0 fully saturated rings. The van der Waals surface area contributed by atoms with E-state index in [1.165, 1.54) is 0 Å². The van der Waals surface area contributed by atoms with Gasteiger partial charge in [-0.2, -0.15) is 0 Å². The number of halogens is 2. The summed E-state index contributed by atoms with van der Waals surface area (Å²) in [6.07, 6.45) is 0.225. The maximum Gasteiger partial charge on any atom is 0.353 e. The average molecular weight is 225 g/mol. The molecular weight excluding hydrogens is 220 g/mol. The first kappa shape index (κ1) is 10.3. The Kier molecular flexibility index (Phi) is 2.19. The zero-order valence-corrected chi connectivity index (χ0v) is 7.75. The summed E-state index contributed by atoms with van der Waals surface area (Å²) in [6, 6.07) is 1.52. The van der Waals surface area contributed by atoms with E-state index in [1.54, 1.807) is 0 Å². The predicted molar refractivity (Wildman–Crippen MR) is 50.6 cm³/mol. The molecule has 4 nitrogen and oxygen atoms in total. The number of aromatic nitrogens is 1. The summed E-state index contributed by atoms with van der Waals surface area (Å²) in [7, 11) is 0. The largest absolute Gasteiger partial charge is 0.477 e. The summed E-state index contributed by atoms with van der Waals surface area (Å²) in [6.45, 7) is 0. The Bertz CT molecular complexity index is 604. The highest BCUT2D eigenvalue weighted by atomic mass is 19.1. The van der Waals surface area contributed by atoms with E-state index in [-0.39, 0.29) is 22.8 Å². The Morgan fingerprint density at radius 3 is 2.62 bits per heavy atom. The highest BCUT2D eigenvalue weighted by Crippen LogP contribution is 2.25. The first-order valence-electron chi connectivity index (χ1n) is 4.23. The Balaban J connectivity index is 2.93. The van der Waals surface area contributed by atoms with Crippen LogP contribution >= 0.6 is 0 Å². The van der Waals surface area contributed by atoms with E-state index in [0.717, 1.165) is 6.07 Å². The van der Waals surface area contributed by atoms with Crippen LogP contribution in [0.15, 0.2) is 12.1 Å². The van der Waals surface area contributed by atoms with Gasteiger partial charge in [-0.15, -0.1) is 0 Å². The van der Waals surface area contributed by atoms with Crippen molar-refractivity contribution in [3.63, 3.8) is 0 Å². The predicted octanol–water partition coefficient (Wildman–Crippen LogP) is 1.96. The van der Waals surface area contributed by atoms with Gasteiger partial charge in [0.25, 0.3) is 0 Å². The van der Waals surface area contributed by atoms with Gasteiger partial charge < -0.3 is 10.1 Å². The second-order valence-electron chi connectivity index (χ2n) is 3.15. The maximum absolute atomic E-state index is 13.4. The van der Waals surface area contributed by atoms with E-state index in [9.17, 15) is 18.4 Å². The third-order valence-electron chi connectivity index (χ3n) is 2.19. The van der Waals surface area contributed by atoms with E-state index in [4.69, 9.17) is 5.11 Å². The van der Waals surface area contributed by atoms with Crippen molar-refractivity contribution in [3.8, 4) is 0 Å². The van der Waals surface area contributed by atoms with Crippen LogP contribution in [0.4, 0.5) is 8.78 Å². The van der Waals surface area contributed by atoms with Gasteiger partial charge in [0.1, 0.15) is 17.3 Å². The van der Waals surface area contributed by atoms with Crippen LogP contribution in [-0.4, -0.2) is 22.3 Å². The molecule has 0 radical (unpaired) electrons. The van der Waals surface area contributed by atoms with E-state index < -0.39 is 23.3 Å². The van der Waals surface area contributed by atoms with Gasteiger partial charge in [0.2, 0.25) is 0 Å². The van der Waals surface area contributed by atoms with Crippen LogP contribution in [-0.2, 0) is 0 Å². The van der Waals surface area contributed by atoms with Crippen molar-refractivity contribution in [1.82, 2.24) is 4.98 Å². The van der Waals surface area contributed by atoms with Gasteiger partial charge in [-0.05, 0) is 6.07 Å². The van der Waals surface area contributed by atoms with Crippen LogP contribution in [0.1, 0.15) is 20.8 Å². The molecule has 0 unspecified atom stereocenters. The Morgan fingerprint density at radius 1 is 1.38 bits per heavy atom. The SMILES string of the molecule is O=Cc1c(C(=O)O)[nH]c2cc(F)cc(F)c12. The lowest BCUT2D eigenvalue weighted by Crippen LogP contribution is -2.00. The number of hydrogen-bond acceptors (Lipinski definition) is 2. The Morgan fingerprint density at radius 2 is 2.06 bits per heavy atom. The number of hydrogen-bond donors (Lipinski definition) is 2. The first-order valence-corrected chi connectivity index (χ1v) is 4.23. The number of carboxylic acids is 1. The van der Waals surface area contributed by atoms with Crippen molar-refractivity contribution in [2.45, 2.75) is 0 Å². The molecule has 16 heavy (non-hydrogen) atoms. The molecule has 2 rings (SSSR count). The number of carbonyl (C=O) groups excluding carboxylic acids is 1. The minimum Gasteiger partial charge on any atom is -0.477 e. The molecule has 0 bridgehead atoms. The molecule has 1 heterocycles. The van der Waals surface area contributed by atoms with Crippen molar-refractivity contribution in [1.29, 1.82) is 0 Å². The summed E-state index contributed by atoms with van der Waals surface area (Å²) in [5.74, 6) is -3.22. The molecule has 0 aliphatic heterocycles. The third kappa shape index (κ3) is 1.35. The fraction of sp³-hybridized carbons (Fsp3) is 0. The fourth-order valence-electron chi connectivity index (χ4n) is 1.56. The number of carboxylic acid groups (broad SMARTS) is 1. The molecule has 1 aromatic carbocycles. The summed E-state index contributed by atoms with van der Waals surface area (Å²) in [4.78, 5) is 23.7. The lowest BCUT2D eigenvalue weighted by atomic mass is 10.1. The number of rotatable bonds is 2. The molecule has 82 valence electrons. The number of nitrogens with one attached hydrogen (secondary N) is 1. The van der Waals surface area contributed by atoms with Crippen LogP contribution < -0.4 is 0 Å². The smallest absolute Gasteiger partial charge is 0.353 e. The molecule has 0 saturated carbocycles. The Labute approximate surface area is 87.5 Å². The second-order valence-corrected chi connectivity index (χ2v) is 3.15. The summed E-state index contributed by atoms with van der Waals surface area (Å²) in [5.41, 5.74) is -0.827. The minimum absolute atomic E-state index is 0.0583. The van der Waals surface area contributed by atoms with E-state index >= 15 is 0 Å². The number of benzene rings is 1. The van der Waals surface area contributed by atoms with Crippen molar-refractivity contribution >= 4 is 23.2 Å². The van der Waals surface area contributed by atoms with Crippen LogP contribution in [0.25, 0.3) is 10.9 Å². The van der Waals surface area contributed by atoms with Crippen LogP contribution in [0.2, 0.25) is 0 Å². The molecule has 0 amide bonds. The minimum atomic E-state index is -1.40. The van der Waals surface area contributed by atoms with Gasteiger partial charge in [-0.25, -0.2) is 13.6 Å². The van der Waals surface area contributed by atoms with Gasteiger partial charge in [0, 0.05) is 11.5 Å². The Hall–Kier alpha value is -2.24. The number of H-pyrrole nitrogens is 1. The van der Waals surface area contributed by atoms with E-state index in [0.29, 0.717) is 6.07 Å². The molecule has 1 aromatic heterocycles. The van der Waals surface area contributed by atoms with E-state index in [2.05, 4.69) is 4.98 Å². The van der Waals surface area contributed by atoms with Gasteiger partial charge in [0.15, 0.2) is 6.29 Å². The number of aromatic carboxylic acids is 1. The topological polar surface area (TPSA) is 70.2 Å². The van der Waals surface area contributed by atoms with E-state index in [1.807, 2.05) is 0 Å². The quantitative estimate of drug-likeness (QED) is 0.767. The number of aldehydes is 1.